The number of imide groups is 1. The molecule has 34 heavy (non-hydrogen) atoms. The zero-order valence-corrected chi connectivity index (χ0v) is 19.1. The predicted molar refractivity (Wildman–Crippen MR) is 133 cm³/mol. The number of nitrogens with zero attached hydrogens (tertiary/aromatic N) is 3. The molecule has 1 fully saturated rings. The summed E-state index contributed by atoms with van der Waals surface area (Å²) in [4.78, 5) is 46.9. The third kappa shape index (κ3) is 5.78. The van der Waals surface area contributed by atoms with Gasteiger partial charge in [-0.1, -0.05) is 36.4 Å². The Morgan fingerprint density at radius 3 is 2.41 bits per heavy atom. The lowest BCUT2D eigenvalue weighted by Crippen LogP contribution is -2.29. The number of nitrogens with one attached hydrogen (secondary N) is 3. The number of para-hydroxylation sites is 1. The topological polar surface area (TPSA) is 116 Å². The first-order valence-electron chi connectivity index (χ1n) is 10.5. The lowest BCUT2D eigenvalue weighted by Gasteiger charge is -2.19. The molecule has 0 saturated carbocycles. The summed E-state index contributed by atoms with van der Waals surface area (Å²) < 4.78 is 0. The van der Waals surface area contributed by atoms with Crippen LogP contribution in [0.15, 0.2) is 71.6 Å². The molecule has 172 valence electrons. The minimum atomic E-state index is -0.454. The molecule has 3 amide bonds. The van der Waals surface area contributed by atoms with Gasteiger partial charge in [-0.3, -0.25) is 19.7 Å². The molecule has 0 radical (unpaired) electrons. The van der Waals surface area contributed by atoms with Crippen LogP contribution in [0, 0.1) is 0 Å². The van der Waals surface area contributed by atoms with E-state index in [0.29, 0.717) is 36.1 Å². The van der Waals surface area contributed by atoms with E-state index in [1.165, 1.54) is 0 Å². The Hall–Kier alpha value is -4.18. The van der Waals surface area contributed by atoms with Crippen LogP contribution in [0.1, 0.15) is 16.1 Å². The fourth-order valence-electron chi connectivity index (χ4n) is 3.16. The van der Waals surface area contributed by atoms with Gasteiger partial charge in [0.1, 0.15) is 5.82 Å². The molecular weight excluding hydrogens is 452 g/mol. The van der Waals surface area contributed by atoms with Crippen LogP contribution in [0.25, 0.3) is 6.08 Å². The highest BCUT2D eigenvalue weighted by Crippen LogP contribution is 2.28. The van der Waals surface area contributed by atoms with Crippen LogP contribution in [0.2, 0.25) is 0 Å². The molecule has 9 nitrogen and oxygen atoms in total. The molecule has 1 saturated heterocycles. The normalized spacial score (nSPS) is 14.1. The molecule has 2 heterocycles. The van der Waals surface area contributed by atoms with Gasteiger partial charge < -0.3 is 15.5 Å². The van der Waals surface area contributed by atoms with Gasteiger partial charge >= 0.3 is 0 Å². The third-order valence-corrected chi connectivity index (χ3v) is 5.68. The number of aromatic nitrogens is 2. The van der Waals surface area contributed by atoms with Crippen LogP contribution in [0.4, 0.5) is 22.2 Å². The monoisotopic (exact) mass is 474 g/mol. The van der Waals surface area contributed by atoms with Crippen LogP contribution < -0.4 is 20.9 Å². The van der Waals surface area contributed by atoms with Crippen molar-refractivity contribution in [3.05, 3.63) is 82.9 Å². The molecule has 1 aliphatic heterocycles. The molecule has 1 aromatic heterocycles. The number of benzene rings is 2. The largest absolute Gasteiger partial charge is 0.352 e. The van der Waals surface area contributed by atoms with Crippen molar-refractivity contribution < 1.29 is 14.4 Å². The first kappa shape index (κ1) is 23.0. The molecule has 0 aliphatic carbocycles. The highest BCUT2D eigenvalue weighted by atomic mass is 32.2. The predicted octanol–water partition coefficient (Wildman–Crippen LogP) is 3.41. The minimum Gasteiger partial charge on any atom is -0.352 e. The van der Waals surface area contributed by atoms with Crippen LogP contribution in [0.3, 0.4) is 0 Å². The summed E-state index contributed by atoms with van der Waals surface area (Å²) in [7, 11) is 1.87. The number of anilines is 3. The van der Waals surface area contributed by atoms with Gasteiger partial charge in [0, 0.05) is 37.5 Å². The van der Waals surface area contributed by atoms with E-state index >= 15 is 0 Å². The molecule has 1 aliphatic rings. The summed E-state index contributed by atoms with van der Waals surface area (Å²) in [6.45, 7) is 0.750. The molecule has 0 unspecified atom stereocenters. The van der Waals surface area contributed by atoms with Crippen molar-refractivity contribution in [2.45, 2.75) is 0 Å². The highest BCUT2D eigenvalue weighted by Gasteiger charge is 2.25. The van der Waals surface area contributed by atoms with E-state index in [-0.39, 0.29) is 10.8 Å². The van der Waals surface area contributed by atoms with Crippen LogP contribution in [0.5, 0.6) is 0 Å². The van der Waals surface area contributed by atoms with Crippen LogP contribution in [-0.4, -0.2) is 47.2 Å². The van der Waals surface area contributed by atoms with Crippen molar-refractivity contribution in [2.75, 3.05) is 30.4 Å². The van der Waals surface area contributed by atoms with Crippen molar-refractivity contribution >= 4 is 52.3 Å². The molecule has 4 rings (SSSR count). The Morgan fingerprint density at radius 1 is 1.03 bits per heavy atom. The number of thioether (sulfide) groups is 1. The molecule has 3 N–H and O–H groups in total. The van der Waals surface area contributed by atoms with Crippen LogP contribution in [-0.2, 0) is 4.79 Å². The number of carbonyl (C=O) groups excluding carboxylic acids is 3. The second-order valence-corrected chi connectivity index (χ2v) is 8.28. The summed E-state index contributed by atoms with van der Waals surface area (Å²) in [5.41, 5.74) is 1.97. The Balaban J connectivity index is 1.51. The Kier molecular flexibility index (Phi) is 7.19. The number of carbonyl (C=O) groups is 3. The van der Waals surface area contributed by atoms with Gasteiger partial charge in [-0.05, 0) is 42.1 Å². The number of hydrogen-bond acceptors (Lipinski definition) is 8. The molecule has 0 spiro atoms. The van der Waals surface area contributed by atoms with Crippen LogP contribution >= 0.6 is 11.8 Å². The molecule has 10 heteroatoms. The lowest BCUT2D eigenvalue weighted by atomic mass is 10.2. The summed E-state index contributed by atoms with van der Waals surface area (Å²) in [5.74, 6) is 0.305. The Bertz CT molecular complexity index is 1230. The first-order chi connectivity index (χ1) is 16.5. The average Bonchev–Trinajstić information content (AvgIpc) is 3.18. The van der Waals surface area contributed by atoms with E-state index in [4.69, 9.17) is 0 Å². The summed E-state index contributed by atoms with van der Waals surface area (Å²) in [6.07, 6.45) is 1.55. The zero-order valence-electron chi connectivity index (χ0n) is 18.3. The van der Waals surface area contributed by atoms with E-state index in [2.05, 4.69) is 25.9 Å². The van der Waals surface area contributed by atoms with Gasteiger partial charge in [-0.2, -0.15) is 4.98 Å². The molecule has 0 atom stereocenters. The molecule has 2 aromatic carbocycles. The Labute approximate surface area is 200 Å². The second-order valence-electron chi connectivity index (χ2n) is 7.27. The number of amides is 3. The maximum Gasteiger partial charge on any atom is 0.290 e. The van der Waals surface area contributed by atoms with Gasteiger partial charge in [0.25, 0.3) is 17.1 Å². The lowest BCUT2D eigenvalue weighted by molar-refractivity contribution is -0.115. The van der Waals surface area contributed by atoms with Gasteiger partial charge in [0.05, 0.1) is 10.6 Å². The molecule has 0 bridgehead atoms. The van der Waals surface area contributed by atoms with Gasteiger partial charge in [-0.25, -0.2) is 4.98 Å². The average molecular weight is 475 g/mol. The Morgan fingerprint density at radius 2 is 1.74 bits per heavy atom. The van der Waals surface area contributed by atoms with Gasteiger partial charge in [0.2, 0.25) is 5.95 Å². The fourth-order valence-corrected chi connectivity index (χ4v) is 3.83. The van der Waals surface area contributed by atoms with Crippen molar-refractivity contribution in [3.8, 4) is 0 Å². The van der Waals surface area contributed by atoms with Gasteiger partial charge in [0.15, 0.2) is 0 Å². The van der Waals surface area contributed by atoms with E-state index in [1.54, 1.807) is 24.3 Å². The number of rotatable bonds is 8. The fraction of sp³-hybridized carbons (Fsp3) is 0.125. The molecular formula is C24H22N6O3S. The highest BCUT2D eigenvalue weighted by molar-refractivity contribution is 8.18. The van der Waals surface area contributed by atoms with Crippen molar-refractivity contribution in [1.29, 1.82) is 0 Å². The maximum absolute atomic E-state index is 12.2. The standard InChI is InChI=1S/C24H22N6O3S/c1-30(18-10-6-3-7-11-18)20-15-17(14-19-22(32)29-24(33)34-19)27-23(28-20)26-13-12-25-21(31)16-8-4-2-5-9-16/h2-11,14-15H,12-13H2,1H3,(H,25,31)(H,26,27,28)(H,29,32,33). The quantitative estimate of drug-likeness (QED) is 0.336. The van der Waals surface area contributed by atoms with E-state index in [9.17, 15) is 14.4 Å². The third-order valence-electron chi connectivity index (χ3n) is 4.87. The van der Waals surface area contributed by atoms with E-state index in [1.807, 2.05) is 60.5 Å². The summed E-state index contributed by atoms with van der Waals surface area (Å²) in [6, 6.07) is 20.4. The minimum absolute atomic E-state index is 0.166. The van der Waals surface area contributed by atoms with E-state index in [0.717, 1.165) is 17.4 Å². The van der Waals surface area contributed by atoms with Gasteiger partial charge in [-0.15, -0.1) is 0 Å². The van der Waals surface area contributed by atoms with E-state index < -0.39 is 11.1 Å². The second kappa shape index (κ2) is 10.6. The summed E-state index contributed by atoms with van der Waals surface area (Å²) >= 11 is 0.827. The smallest absolute Gasteiger partial charge is 0.290 e. The zero-order chi connectivity index (χ0) is 23.9. The van der Waals surface area contributed by atoms with Crippen molar-refractivity contribution in [1.82, 2.24) is 20.6 Å². The summed E-state index contributed by atoms with van der Waals surface area (Å²) in [5, 5.41) is 7.78. The number of hydrogen-bond donors (Lipinski definition) is 3. The molecule has 3 aromatic rings. The SMILES string of the molecule is CN(c1ccccc1)c1cc(C=C2SC(=O)NC2=O)nc(NCCNC(=O)c2ccccc2)n1. The van der Waals surface area contributed by atoms with Crippen molar-refractivity contribution in [2.24, 2.45) is 0 Å². The van der Waals surface area contributed by atoms with Crippen molar-refractivity contribution in [3.63, 3.8) is 0 Å². The maximum atomic E-state index is 12.2. The first-order valence-corrected chi connectivity index (χ1v) is 11.3.